The van der Waals surface area contributed by atoms with Crippen LogP contribution in [0.1, 0.15) is 35.7 Å². The van der Waals surface area contributed by atoms with E-state index in [9.17, 15) is 4.79 Å². The van der Waals surface area contributed by atoms with Crippen molar-refractivity contribution >= 4 is 35.8 Å². The van der Waals surface area contributed by atoms with Gasteiger partial charge in [-0.3, -0.25) is 9.79 Å². The summed E-state index contributed by atoms with van der Waals surface area (Å²) in [6.07, 6.45) is 3.30. The third kappa shape index (κ3) is 6.76. The second kappa shape index (κ2) is 9.75. The number of benzene rings is 1. The molecular weight excluding hydrogens is 403 g/mol. The van der Waals surface area contributed by atoms with Gasteiger partial charge >= 0.3 is 0 Å². The Morgan fingerprint density at radius 3 is 2.70 bits per heavy atom. The molecule has 0 spiro atoms. The molecule has 6 heteroatoms. The molecule has 0 saturated heterocycles. The van der Waals surface area contributed by atoms with Crippen LogP contribution in [0.25, 0.3) is 0 Å². The summed E-state index contributed by atoms with van der Waals surface area (Å²) in [6.45, 7) is 3.65. The number of halogens is 1. The third-order valence-electron chi connectivity index (χ3n) is 3.51. The smallest absolute Gasteiger partial charge is 0.253 e. The monoisotopic (exact) mass is 430 g/mol. The van der Waals surface area contributed by atoms with E-state index in [0.29, 0.717) is 12.6 Å². The molecule has 0 aromatic heterocycles. The van der Waals surface area contributed by atoms with Gasteiger partial charge in [-0.2, -0.15) is 0 Å². The quantitative estimate of drug-likeness (QED) is 0.414. The van der Waals surface area contributed by atoms with Gasteiger partial charge in [0, 0.05) is 38.8 Å². The first-order chi connectivity index (χ1) is 10.6. The number of hydrogen-bond acceptors (Lipinski definition) is 2. The molecule has 128 valence electrons. The van der Waals surface area contributed by atoms with Crippen LogP contribution >= 0.6 is 24.0 Å². The zero-order chi connectivity index (χ0) is 15.9. The summed E-state index contributed by atoms with van der Waals surface area (Å²) in [5.74, 6) is 0.930. The van der Waals surface area contributed by atoms with Gasteiger partial charge < -0.3 is 15.5 Å². The summed E-state index contributed by atoms with van der Waals surface area (Å²) in [4.78, 5) is 18.2. The highest BCUT2D eigenvalue weighted by molar-refractivity contribution is 14.0. The van der Waals surface area contributed by atoms with Gasteiger partial charge in [0.15, 0.2) is 5.96 Å². The standard InChI is InChI=1S/C17H26N4O.HI/c1-4-18-17(20-15-8-9-15)19-11-10-13-6-5-7-14(12-13)16(22)21(2)3;/h5-7,12,15H,4,8-11H2,1-3H3,(H2,18,19,20);1H. The predicted molar refractivity (Wildman–Crippen MR) is 106 cm³/mol. The largest absolute Gasteiger partial charge is 0.357 e. The van der Waals surface area contributed by atoms with Crippen molar-refractivity contribution in [3.63, 3.8) is 0 Å². The van der Waals surface area contributed by atoms with Crippen molar-refractivity contribution in [1.82, 2.24) is 15.5 Å². The fourth-order valence-corrected chi connectivity index (χ4v) is 2.16. The summed E-state index contributed by atoms with van der Waals surface area (Å²) < 4.78 is 0. The SMILES string of the molecule is CCNC(=NCCc1cccc(C(=O)N(C)C)c1)NC1CC1.I. The van der Waals surface area contributed by atoms with Gasteiger partial charge in [-0.1, -0.05) is 12.1 Å². The summed E-state index contributed by atoms with van der Waals surface area (Å²) >= 11 is 0. The van der Waals surface area contributed by atoms with Crippen molar-refractivity contribution in [2.45, 2.75) is 32.2 Å². The number of nitrogens with zero attached hydrogens (tertiary/aromatic N) is 2. The number of guanidine groups is 1. The predicted octanol–water partition coefficient (Wildman–Crippen LogP) is 2.27. The normalized spacial score (nSPS) is 14.0. The first-order valence-corrected chi connectivity index (χ1v) is 7.95. The fraction of sp³-hybridized carbons (Fsp3) is 0.529. The third-order valence-corrected chi connectivity index (χ3v) is 3.51. The number of nitrogens with one attached hydrogen (secondary N) is 2. The number of rotatable bonds is 6. The molecule has 1 aliphatic rings. The maximum Gasteiger partial charge on any atom is 0.253 e. The van der Waals surface area contributed by atoms with Crippen LogP contribution in [0.15, 0.2) is 29.3 Å². The lowest BCUT2D eigenvalue weighted by molar-refractivity contribution is 0.0827. The Bertz CT molecular complexity index is 541. The van der Waals surface area contributed by atoms with Crippen molar-refractivity contribution in [2.24, 2.45) is 4.99 Å². The lowest BCUT2D eigenvalue weighted by Gasteiger charge is -2.11. The number of hydrogen-bond donors (Lipinski definition) is 2. The van der Waals surface area contributed by atoms with Crippen molar-refractivity contribution in [3.8, 4) is 0 Å². The minimum absolute atomic E-state index is 0. The van der Waals surface area contributed by atoms with Crippen LogP contribution in [0.5, 0.6) is 0 Å². The van der Waals surface area contributed by atoms with Crippen LogP contribution < -0.4 is 10.6 Å². The Balaban J connectivity index is 0.00000264. The van der Waals surface area contributed by atoms with Crippen LogP contribution in [-0.4, -0.2) is 50.0 Å². The van der Waals surface area contributed by atoms with Gasteiger partial charge in [-0.15, -0.1) is 24.0 Å². The topological polar surface area (TPSA) is 56.7 Å². The molecule has 23 heavy (non-hydrogen) atoms. The van der Waals surface area contributed by atoms with Crippen molar-refractivity contribution in [1.29, 1.82) is 0 Å². The van der Waals surface area contributed by atoms with Crippen LogP contribution in [0, 0.1) is 0 Å². The highest BCUT2D eigenvalue weighted by Crippen LogP contribution is 2.18. The summed E-state index contributed by atoms with van der Waals surface area (Å²) in [5.41, 5.74) is 1.87. The molecule has 1 amide bonds. The van der Waals surface area contributed by atoms with E-state index in [-0.39, 0.29) is 29.9 Å². The van der Waals surface area contributed by atoms with E-state index < -0.39 is 0 Å². The maximum atomic E-state index is 12.0. The average molecular weight is 430 g/mol. The molecule has 0 heterocycles. The molecule has 2 rings (SSSR count). The second-order valence-corrected chi connectivity index (χ2v) is 5.83. The Labute approximate surface area is 156 Å². The molecular formula is C17H27IN4O. The number of amides is 1. The highest BCUT2D eigenvalue weighted by Gasteiger charge is 2.21. The lowest BCUT2D eigenvalue weighted by atomic mass is 10.1. The molecule has 0 aliphatic heterocycles. The molecule has 2 N–H and O–H groups in total. The fourth-order valence-electron chi connectivity index (χ4n) is 2.16. The van der Waals surface area contributed by atoms with Gasteiger partial charge in [0.25, 0.3) is 5.91 Å². The van der Waals surface area contributed by atoms with Crippen LogP contribution in [0.3, 0.4) is 0 Å². The highest BCUT2D eigenvalue weighted by atomic mass is 127. The Morgan fingerprint density at radius 1 is 1.35 bits per heavy atom. The number of aliphatic imine (C=N–C) groups is 1. The zero-order valence-corrected chi connectivity index (χ0v) is 16.5. The molecule has 1 aromatic rings. The first-order valence-electron chi connectivity index (χ1n) is 7.95. The van der Waals surface area contributed by atoms with E-state index in [2.05, 4.69) is 22.5 Å². The molecule has 1 saturated carbocycles. The van der Waals surface area contributed by atoms with E-state index in [4.69, 9.17) is 0 Å². The molecule has 1 fully saturated rings. The van der Waals surface area contributed by atoms with Gasteiger partial charge in [0.1, 0.15) is 0 Å². The van der Waals surface area contributed by atoms with E-state index in [1.165, 1.54) is 12.8 Å². The lowest BCUT2D eigenvalue weighted by Crippen LogP contribution is -2.38. The van der Waals surface area contributed by atoms with E-state index in [1.54, 1.807) is 19.0 Å². The molecule has 0 atom stereocenters. The number of carbonyl (C=O) groups is 1. The van der Waals surface area contributed by atoms with Gasteiger partial charge in [-0.05, 0) is 43.9 Å². The van der Waals surface area contributed by atoms with Crippen LogP contribution in [-0.2, 0) is 6.42 Å². The summed E-state index contributed by atoms with van der Waals surface area (Å²) in [5, 5.41) is 6.66. The van der Waals surface area contributed by atoms with Crippen molar-refractivity contribution in [3.05, 3.63) is 35.4 Å². The van der Waals surface area contributed by atoms with Crippen LogP contribution in [0.4, 0.5) is 0 Å². The van der Waals surface area contributed by atoms with Gasteiger partial charge in [0.05, 0.1) is 0 Å². The minimum atomic E-state index is 0. The molecule has 5 nitrogen and oxygen atoms in total. The van der Waals surface area contributed by atoms with E-state index >= 15 is 0 Å². The van der Waals surface area contributed by atoms with Crippen molar-refractivity contribution in [2.75, 3.05) is 27.2 Å². The Morgan fingerprint density at radius 2 is 2.09 bits per heavy atom. The average Bonchev–Trinajstić information content (AvgIpc) is 3.31. The summed E-state index contributed by atoms with van der Waals surface area (Å²) in [7, 11) is 3.54. The Hall–Kier alpha value is -1.31. The first kappa shape index (κ1) is 19.7. The molecule has 1 aliphatic carbocycles. The summed E-state index contributed by atoms with van der Waals surface area (Å²) in [6, 6.07) is 8.39. The molecule has 0 unspecified atom stereocenters. The maximum absolute atomic E-state index is 12.0. The van der Waals surface area contributed by atoms with E-state index in [1.807, 2.05) is 24.3 Å². The zero-order valence-electron chi connectivity index (χ0n) is 14.1. The Kier molecular flexibility index (Phi) is 8.36. The second-order valence-electron chi connectivity index (χ2n) is 5.83. The van der Waals surface area contributed by atoms with Crippen molar-refractivity contribution < 1.29 is 4.79 Å². The van der Waals surface area contributed by atoms with Gasteiger partial charge in [0.2, 0.25) is 0 Å². The molecule has 0 radical (unpaired) electrons. The number of carbonyl (C=O) groups excluding carboxylic acids is 1. The minimum Gasteiger partial charge on any atom is -0.357 e. The van der Waals surface area contributed by atoms with E-state index in [0.717, 1.165) is 30.1 Å². The molecule has 0 bridgehead atoms. The molecule has 1 aromatic carbocycles. The van der Waals surface area contributed by atoms with Gasteiger partial charge in [-0.25, -0.2) is 0 Å². The van der Waals surface area contributed by atoms with Crippen LogP contribution in [0.2, 0.25) is 0 Å².